The molecule has 3 nitrogen and oxygen atoms in total. The van der Waals surface area contributed by atoms with Crippen molar-refractivity contribution in [2.75, 3.05) is 0 Å². The van der Waals surface area contributed by atoms with E-state index in [0.29, 0.717) is 0 Å². The quantitative estimate of drug-likeness (QED) is 0.120. The predicted molar refractivity (Wildman–Crippen MR) is 131 cm³/mol. The minimum Gasteiger partial charge on any atom is -0.504 e. The van der Waals surface area contributed by atoms with Crippen molar-refractivity contribution in [3.05, 3.63) is 125 Å². The van der Waals surface area contributed by atoms with Crippen LogP contribution in [-0.2, 0) is 4.57 Å². The van der Waals surface area contributed by atoms with E-state index in [4.69, 9.17) is 5.11 Å². The second-order valence-electron chi connectivity index (χ2n) is 6.98. The SMILES string of the molecule is O=C(/C=C(\O)C(F)(F)F)c1cccs1.O=P(c1ccccc1)(c1ccccc1)c1ccccc1.[Eu]. The smallest absolute Gasteiger partial charge is 0.448 e. The molecule has 1 N–H and O–H groups in total. The van der Waals surface area contributed by atoms with Gasteiger partial charge in [-0.2, -0.15) is 13.2 Å². The molecule has 1 aromatic heterocycles. The van der Waals surface area contributed by atoms with E-state index in [2.05, 4.69) is 0 Å². The van der Waals surface area contributed by atoms with Crippen molar-refractivity contribution in [1.82, 2.24) is 0 Å². The summed E-state index contributed by atoms with van der Waals surface area (Å²) in [6, 6.07) is 32.1. The molecular weight excluding hydrogens is 632 g/mol. The first-order valence-electron chi connectivity index (χ1n) is 10.1. The van der Waals surface area contributed by atoms with Crippen LogP contribution in [0.15, 0.2) is 120 Å². The summed E-state index contributed by atoms with van der Waals surface area (Å²) in [5.74, 6) is -2.73. The number of allylic oxidation sites excluding steroid dienone is 2. The fourth-order valence-corrected chi connectivity index (χ4v) is 6.36. The first-order chi connectivity index (χ1) is 16.2. The molecule has 0 spiro atoms. The maximum Gasteiger partial charge on any atom is 0.448 e. The summed E-state index contributed by atoms with van der Waals surface area (Å²) in [5.41, 5.74) is 0. The number of rotatable bonds is 5. The van der Waals surface area contributed by atoms with Gasteiger partial charge in [0, 0.05) is 71.4 Å². The van der Waals surface area contributed by atoms with Crippen LogP contribution in [0.3, 0.4) is 0 Å². The summed E-state index contributed by atoms with van der Waals surface area (Å²) in [6.07, 6.45) is -4.70. The average Bonchev–Trinajstić information content (AvgIpc) is 3.40. The van der Waals surface area contributed by atoms with Gasteiger partial charge in [0.05, 0.1) is 4.88 Å². The fraction of sp³-hybridized carbons (Fsp3) is 0.0385. The number of ketones is 1. The number of carbonyl (C=O) groups excluding carboxylic acids is 1. The van der Waals surface area contributed by atoms with Gasteiger partial charge in [0.15, 0.2) is 12.9 Å². The van der Waals surface area contributed by atoms with Gasteiger partial charge in [0.1, 0.15) is 0 Å². The van der Waals surface area contributed by atoms with Crippen LogP contribution in [0, 0.1) is 49.4 Å². The zero-order valence-corrected chi connectivity index (χ0v) is 22.2. The summed E-state index contributed by atoms with van der Waals surface area (Å²) < 4.78 is 49.2. The van der Waals surface area contributed by atoms with Gasteiger partial charge in [-0.25, -0.2) is 0 Å². The third-order valence-electron chi connectivity index (χ3n) is 4.68. The van der Waals surface area contributed by atoms with E-state index in [0.717, 1.165) is 27.3 Å². The fourth-order valence-electron chi connectivity index (χ4n) is 3.06. The number of aliphatic hydroxyl groups excluding tert-OH is 1. The van der Waals surface area contributed by atoms with Crippen molar-refractivity contribution in [3.63, 3.8) is 0 Å². The molecule has 0 saturated heterocycles. The normalized spacial score (nSPS) is 11.6. The van der Waals surface area contributed by atoms with E-state index in [1.165, 1.54) is 12.1 Å². The number of alkyl halides is 3. The molecule has 4 aromatic rings. The second-order valence-corrected chi connectivity index (χ2v) is 10.7. The molecule has 9 heteroatoms. The van der Waals surface area contributed by atoms with Crippen LogP contribution in [0.25, 0.3) is 0 Å². The summed E-state index contributed by atoms with van der Waals surface area (Å²) in [7, 11) is -2.78. The molecule has 0 aliphatic carbocycles. The zero-order chi connectivity index (χ0) is 24.6. The summed E-state index contributed by atoms with van der Waals surface area (Å²) in [5, 5.41) is 12.7. The van der Waals surface area contributed by atoms with Crippen molar-refractivity contribution >= 4 is 40.2 Å². The Morgan fingerprint density at radius 2 is 1.14 bits per heavy atom. The number of thiophene rings is 1. The Morgan fingerprint density at radius 1 is 0.743 bits per heavy atom. The number of benzene rings is 3. The van der Waals surface area contributed by atoms with Gasteiger partial charge in [0.25, 0.3) is 0 Å². The monoisotopic (exact) mass is 653 g/mol. The minimum atomic E-state index is -4.87. The Bertz CT molecular complexity index is 1170. The number of carbonyl (C=O) groups is 1. The molecule has 0 saturated carbocycles. The second kappa shape index (κ2) is 13.5. The maximum atomic E-state index is 13.8. The summed E-state index contributed by atoms with van der Waals surface area (Å²) in [6.45, 7) is 0. The van der Waals surface area contributed by atoms with E-state index < -0.39 is 24.9 Å². The largest absolute Gasteiger partial charge is 0.504 e. The van der Waals surface area contributed by atoms with Crippen LogP contribution in [0.4, 0.5) is 13.2 Å². The number of hydrogen-bond acceptors (Lipinski definition) is 4. The molecular formula is C26H20EuF3O3PS. The molecule has 1 heterocycles. The van der Waals surface area contributed by atoms with Gasteiger partial charge >= 0.3 is 6.18 Å². The van der Waals surface area contributed by atoms with Gasteiger partial charge in [-0.05, 0) is 11.4 Å². The van der Waals surface area contributed by atoms with Crippen LogP contribution in [0.5, 0.6) is 0 Å². The summed E-state index contributed by atoms with van der Waals surface area (Å²) >= 11 is 1.01. The Hall–Kier alpha value is -1.83. The van der Waals surface area contributed by atoms with Crippen LogP contribution < -0.4 is 15.9 Å². The molecule has 35 heavy (non-hydrogen) atoms. The molecule has 0 aliphatic heterocycles. The van der Waals surface area contributed by atoms with Crippen LogP contribution in [0.2, 0.25) is 0 Å². The van der Waals surface area contributed by atoms with E-state index in [9.17, 15) is 22.5 Å². The van der Waals surface area contributed by atoms with Crippen LogP contribution in [0.1, 0.15) is 9.67 Å². The molecule has 0 atom stereocenters. The van der Waals surface area contributed by atoms with Crippen molar-refractivity contribution in [2.45, 2.75) is 6.18 Å². The first kappa shape index (κ1) is 29.4. The molecule has 3 aromatic carbocycles. The van der Waals surface area contributed by atoms with E-state index in [1.807, 2.05) is 91.0 Å². The molecule has 0 fully saturated rings. The minimum absolute atomic E-state index is 0. The van der Waals surface area contributed by atoms with E-state index in [1.54, 1.807) is 5.38 Å². The third kappa shape index (κ3) is 7.83. The number of aliphatic hydroxyl groups is 1. The first-order valence-corrected chi connectivity index (χ1v) is 12.6. The van der Waals surface area contributed by atoms with Crippen molar-refractivity contribution in [1.29, 1.82) is 0 Å². The Kier molecular flexibility index (Phi) is 11.3. The summed E-state index contributed by atoms with van der Waals surface area (Å²) in [4.78, 5) is 11.2. The molecule has 181 valence electrons. The van der Waals surface area contributed by atoms with Crippen LogP contribution >= 0.6 is 18.5 Å². The standard InChI is InChI=1S/C18H15OP.C8H5F3O2S.Eu/c19-20(16-10-4-1-5-11-16,17-12-6-2-7-13-17)18-14-8-3-9-15-18;9-8(10,11)7(13)4-5(12)6-2-1-3-14-6;/h1-15H;1-4,13H;/b;7-4-;. The van der Waals surface area contributed by atoms with E-state index in [-0.39, 0.29) is 60.3 Å². The van der Waals surface area contributed by atoms with Gasteiger partial charge in [-0.3, -0.25) is 4.79 Å². The van der Waals surface area contributed by atoms with Gasteiger partial charge in [-0.15, -0.1) is 11.3 Å². The number of halogens is 3. The maximum absolute atomic E-state index is 13.8. The van der Waals surface area contributed by atoms with Gasteiger partial charge in [0.2, 0.25) is 5.76 Å². The molecule has 0 bridgehead atoms. The molecule has 0 amide bonds. The number of hydrogen-bond donors (Lipinski definition) is 1. The molecule has 0 aliphatic rings. The van der Waals surface area contributed by atoms with Gasteiger partial charge in [-0.1, -0.05) is 97.1 Å². The Morgan fingerprint density at radius 3 is 1.46 bits per heavy atom. The molecule has 4 rings (SSSR count). The van der Waals surface area contributed by atoms with E-state index >= 15 is 0 Å². The van der Waals surface area contributed by atoms with Gasteiger partial charge < -0.3 is 9.67 Å². The average molecular weight is 652 g/mol. The Balaban J connectivity index is 0.000000256. The van der Waals surface area contributed by atoms with Crippen molar-refractivity contribution in [3.8, 4) is 0 Å². The van der Waals surface area contributed by atoms with Crippen LogP contribution in [-0.4, -0.2) is 17.1 Å². The molecule has 0 unspecified atom stereocenters. The third-order valence-corrected chi connectivity index (χ3v) is 8.64. The van der Waals surface area contributed by atoms with Crippen molar-refractivity contribution in [2.24, 2.45) is 0 Å². The zero-order valence-electron chi connectivity index (χ0n) is 18.1. The van der Waals surface area contributed by atoms with Crippen molar-refractivity contribution < 1.29 is 77.0 Å². The molecule has 1 radical (unpaired) electrons. The predicted octanol–water partition coefficient (Wildman–Crippen LogP) is 6.26. The Labute approximate surface area is 246 Å². The topological polar surface area (TPSA) is 54.4 Å².